The van der Waals surface area contributed by atoms with Crippen LogP contribution in [0.4, 0.5) is 0 Å². The number of hydrogen-bond donors (Lipinski definition) is 1. The summed E-state index contributed by atoms with van der Waals surface area (Å²) in [6.07, 6.45) is 7.08. The minimum absolute atomic E-state index is 0.247. The predicted molar refractivity (Wildman–Crippen MR) is 71.9 cm³/mol. The Labute approximate surface area is 102 Å². The van der Waals surface area contributed by atoms with E-state index >= 15 is 0 Å². The summed E-state index contributed by atoms with van der Waals surface area (Å²) >= 11 is 0. The SMILES string of the molecule is CC(CNC(C)(C)C)N1CCCCCCC1. The van der Waals surface area contributed by atoms with Crippen molar-refractivity contribution in [1.82, 2.24) is 10.2 Å². The lowest BCUT2D eigenvalue weighted by molar-refractivity contribution is 0.179. The summed E-state index contributed by atoms with van der Waals surface area (Å²) in [4.78, 5) is 2.66. The summed E-state index contributed by atoms with van der Waals surface area (Å²) < 4.78 is 0. The third kappa shape index (κ3) is 5.86. The van der Waals surface area contributed by atoms with E-state index in [2.05, 4.69) is 37.9 Å². The van der Waals surface area contributed by atoms with Crippen molar-refractivity contribution in [2.24, 2.45) is 0 Å². The largest absolute Gasteiger partial charge is 0.311 e. The standard InChI is InChI=1S/C14H30N2/c1-13(12-15-14(2,3)4)16-10-8-6-5-7-9-11-16/h13,15H,5-12H2,1-4H3. The zero-order valence-electron chi connectivity index (χ0n) is 11.7. The van der Waals surface area contributed by atoms with Crippen LogP contribution in [0.15, 0.2) is 0 Å². The Balaban J connectivity index is 2.29. The molecule has 1 heterocycles. The molecule has 1 saturated heterocycles. The summed E-state index contributed by atoms with van der Waals surface area (Å²) in [5, 5.41) is 3.61. The zero-order valence-corrected chi connectivity index (χ0v) is 11.7. The van der Waals surface area contributed by atoms with Crippen LogP contribution in [0.25, 0.3) is 0 Å². The fraction of sp³-hybridized carbons (Fsp3) is 1.00. The first-order chi connectivity index (χ1) is 7.49. The molecule has 2 heteroatoms. The molecule has 96 valence electrons. The van der Waals surface area contributed by atoms with E-state index in [4.69, 9.17) is 0 Å². The van der Waals surface area contributed by atoms with Crippen LogP contribution in [-0.2, 0) is 0 Å². The lowest BCUT2D eigenvalue weighted by Crippen LogP contribution is -2.47. The molecule has 0 amide bonds. The Bertz CT molecular complexity index is 176. The van der Waals surface area contributed by atoms with Crippen molar-refractivity contribution < 1.29 is 0 Å². The van der Waals surface area contributed by atoms with Crippen LogP contribution in [0.1, 0.15) is 59.8 Å². The van der Waals surface area contributed by atoms with Gasteiger partial charge >= 0.3 is 0 Å². The Hall–Kier alpha value is -0.0800. The minimum atomic E-state index is 0.247. The van der Waals surface area contributed by atoms with Gasteiger partial charge in [-0.1, -0.05) is 19.3 Å². The molecule has 0 spiro atoms. The van der Waals surface area contributed by atoms with E-state index in [0.717, 1.165) is 6.54 Å². The molecule has 1 atom stereocenters. The highest BCUT2D eigenvalue weighted by atomic mass is 15.2. The Morgan fingerprint density at radius 2 is 1.50 bits per heavy atom. The van der Waals surface area contributed by atoms with E-state index in [0.29, 0.717) is 6.04 Å². The van der Waals surface area contributed by atoms with Crippen LogP contribution in [0, 0.1) is 0 Å². The minimum Gasteiger partial charge on any atom is -0.311 e. The fourth-order valence-corrected chi connectivity index (χ4v) is 2.30. The van der Waals surface area contributed by atoms with Crippen molar-refractivity contribution in [2.45, 2.75) is 71.4 Å². The highest BCUT2D eigenvalue weighted by Gasteiger charge is 2.17. The molecule has 1 unspecified atom stereocenters. The topological polar surface area (TPSA) is 15.3 Å². The number of nitrogens with one attached hydrogen (secondary N) is 1. The fourth-order valence-electron chi connectivity index (χ4n) is 2.30. The van der Waals surface area contributed by atoms with E-state index < -0.39 is 0 Å². The van der Waals surface area contributed by atoms with Crippen molar-refractivity contribution in [3.05, 3.63) is 0 Å². The van der Waals surface area contributed by atoms with Gasteiger partial charge in [0.05, 0.1) is 0 Å². The maximum Gasteiger partial charge on any atom is 0.0192 e. The molecule has 0 saturated carbocycles. The number of hydrogen-bond acceptors (Lipinski definition) is 2. The van der Waals surface area contributed by atoms with Gasteiger partial charge in [0.25, 0.3) is 0 Å². The second kappa shape index (κ2) is 6.61. The molecule has 0 aromatic heterocycles. The first-order valence-corrected chi connectivity index (χ1v) is 6.98. The van der Waals surface area contributed by atoms with Gasteiger partial charge in [0.2, 0.25) is 0 Å². The Kier molecular flexibility index (Phi) is 5.77. The van der Waals surface area contributed by atoms with Crippen LogP contribution < -0.4 is 5.32 Å². The summed E-state index contributed by atoms with van der Waals surface area (Å²) in [5.74, 6) is 0. The normalized spacial score (nSPS) is 22.5. The van der Waals surface area contributed by atoms with Gasteiger partial charge in [0.15, 0.2) is 0 Å². The molecule has 1 fully saturated rings. The molecule has 2 nitrogen and oxygen atoms in total. The maximum absolute atomic E-state index is 3.61. The molecule has 0 bridgehead atoms. The lowest BCUT2D eigenvalue weighted by atomic mass is 10.1. The molecule has 0 aromatic rings. The maximum atomic E-state index is 3.61. The average Bonchev–Trinajstić information content (AvgIpc) is 2.12. The Morgan fingerprint density at radius 1 is 1.00 bits per heavy atom. The van der Waals surface area contributed by atoms with E-state index in [1.807, 2.05) is 0 Å². The summed E-state index contributed by atoms with van der Waals surface area (Å²) in [5.41, 5.74) is 0.247. The molecule has 0 aromatic carbocycles. The van der Waals surface area contributed by atoms with Gasteiger partial charge < -0.3 is 5.32 Å². The van der Waals surface area contributed by atoms with Crippen molar-refractivity contribution in [3.8, 4) is 0 Å². The number of likely N-dealkylation sites (tertiary alicyclic amines) is 1. The van der Waals surface area contributed by atoms with Crippen LogP contribution in [0.5, 0.6) is 0 Å². The van der Waals surface area contributed by atoms with Crippen LogP contribution >= 0.6 is 0 Å². The second-order valence-electron chi connectivity index (χ2n) is 6.28. The van der Waals surface area contributed by atoms with Gasteiger partial charge in [-0.2, -0.15) is 0 Å². The lowest BCUT2D eigenvalue weighted by Gasteiger charge is -2.33. The first-order valence-electron chi connectivity index (χ1n) is 6.98. The van der Waals surface area contributed by atoms with Gasteiger partial charge in [-0.25, -0.2) is 0 Å². The molecular weight excluding hydrogens is 196 g/mol. The summed E-state index contributed by atoms with van der Waals surface area (Å²) in [7, 11) is 0. The van der Waals surface area contributed by atoms with Crippen molar-refractivity contribution in [3.63, 3.8) is 0 Å². The average molecular weight is 226 g/mol. The quantitative estimate of drug-likeness (QED) is 0.796. The third-order valence-corrected chi connectivity index (χ3v) is 3.44. The molecular formula is C14H30N2. The third-order valence-electron chi connectivity index (χ3n) is 3.44. The summed E-state index contributed by atoms with van der Waals surface area (Å²) in [6, 6.07) is 0.678. The molecule has 1 rings (SSSR count). The van der Waals surface area contributed by atoms with Crippen molar-refractivity contribution in [2.75, 3.05) is 19.6 Å². The predicted octanol–water partition coefficient (Wildman–Crippen LogP) is 3.03. The van der Waals surface area contributed by atoms with Crippen molar-refractivity contribution in [1.29, 1.82) is 0 Å². The van der Waals surface area contributed by atoms with E-state index in [-0.39, 0.29) is 5.54 Å². The molecule has 0 aliphatic carbocycles. The van der Waals surface area contributed by atoms with Crippen LogP contribution in [-0.4, -0.2) is 36.1 Å². The highest BCUT2D eigenvalue weighted by molar-refractivity contribution is 4.77. The van der Waals surface area contributed by atoms with Crippen molar-refractivity contribution >= 4 is 0 Å². The summed E-state index contributed by atoms with van der Waals surface area (Å²) in [6.45, 7) is 12.8. The molecule has 1 aliphatic rings. The van der Waals surface area contributed by atoms with Crippen LogP contribution in [0.2, 0.25) is 0 Å². The molecule has 0 radical (unpaired) electrons. The molecule has 1 N–H and O–H groups in total. The Morgan fingerprint density at radius 3 is 2.00 bits per heavy atom. The monoisotopic (exact) mass is 226 g/mol. The zero-order chi connectivity index (χ0) is 12.0. The van der Waals surface area contributed by atoms with Crippen LogP contribution in [0.3, 0.4) is 0 Å². The highest BCUT2D eigenvalue weighted by Crippen LogP contribution is 2.13. The van der Waals surface area contributed by atoms with Gasteiger partial charge in [-0.15, -0.1) is 0 Å². The first kappa shape index (κ1) is 14.0. The molecule has 16 heavy (non-hydrogen) atoms. The van der Waals surface area contributed by atoms with Gasteiger partial charge in [-0.05, 0) is 53.6 Å². The van der Waals surface area contributed by atoms with Gasteiger partial charge in [0, 0.05) is 18.1 Å². The second-order valence-corrected chi connectivity index (χ2v) is 6.28. The van der Waals surface area contributed by atoms with Gasteiger partial charge in [-0.3, -0.25) is 4.90 Å². The molecule has 1 aliphatic heterocycles. The van der Waals surface area contributed by atoms with E-state index in [9.17, 15) is 0 Å². The van der Waals surface area contributed by atoms with E-state index in [1.54, 1.807) is 0 Å². The number of nitrogens with zero attached hydrogens (tertiary/aromatic N) is 1. The smallest absolute Gasteiger partial charge is 0.0192 e. The van der Waals surface area contributed by atoms with Gasteiger partial charge in [0.1, 0.15) is 0 Å². The van der Waals surface area contributed by atoms with E-state index in [1.165, 1.54) is 45.2 Å². The number of rotatable bonds is 3.